The van der Waals surface area contributed by atoms with Crippen molar-refractivity contribution in [2.24, 2.45) is 0 Å². The topological polar surface area (TPSA) is 98.0 Å². The number of anilines is 2. The van der Waals surface area contributed by atoms with Crippen LogP contribution in [0.1, 0.15) is 5.56 Å². The van der Waals surface area contributed by atoms with Gasteiger partial charge in [0.15, 0.2) is 5.82 Å². The minimum atomic E-state index is -3.78. The number of aryl methyl sites for hydroxylation is 1. The third-order valence-corrected chi connectivity index (χ3v) is 4.35. The molecule has 0 saturated heterocycles. The van der Waals surface area contributed by atoms with Crippen LogP contribution < -0.4 is 10.5 Å². The van der Waals surface area contributed by atoms with Crippen LogP contribution in [0.25, 0.3) is 0 Å². The van der Waals surface area contributed by atoms with Crippen LogP contribution >= 0.6 is 15.9 Å². The number of sulfonamides is 1. The Bertz CT molecular complexity index is 681. The molecular formula is C11H11BrN4O2S. The summed E-state index contributed by atoms with van der Waals surface area (Å²) >= 11 is 3.12. The molecule has 0 atom stereocenters. The fourth-order valence-electron chi connectivity index (χ4n) is 1.60. The lowest BCUT2D eigenvalue weighted by molar-refractivity contribution is 0.601. The Hall–Kier alpha value is -1.67. The van der Waals surface area contributed by atoms with Crippen molar-refractivity contribution < 1.29 is 8.42 Å². The van der Waals surface area contributed by atoms with Crippen LogP contribution in [0.3, 0.4) is 0 Å². The van der Waals surface area contributed by atoms with Gasteiger partial charge in [0.1, 0.15) is 9.50 Å². The van der Waals surface area contributed by atoms with Crippen LogP contribution in [0.4, 0.5) is 11.5 Å². The average molecular weight is 343 g/mol. The second kappa shape index (κ2) is 5.14. The number of nitrogens with zero attached hydrogens (tertiary/aromatic N) is 2. The van der Waals surface area contributed by atoms with E-state index in [2.05, 4.69) is 30.6 Å². The summed E-state index contributed by atoms with van der Waals surface area (Å²) in [4.78, 5) is 7.86. The van der Waals surface area contributed by atoms with Crippen molar-refractivity contribution in [2.75, 3.05) is 10.5 Å². The summed E-state index contributed by atoms with van der Waals surface area (Å²) in [6, 6.07) is 4.91. The maximum atomic E-state index is 12.3. The summed E-state index contributed by atoms with van der Waals surface area (Å²) in [6.07, 6.45) is 2.72. The van der Waals surface area contributed by atoms with Gasteiger partial charge in [-0.1, -0.05) is 12.1 Å². The summed E-state index contributed by atoms with van der Waals surface area (Å²) in [5.41, 5.74) is 6.48. The lowest BCUT2D eigenvalue weighted by Gasteiger charge is -2.11. The molecule has 3 N–H and O–H groups in total. The molecule has 1 aromatic carbocycles. The molecule has 19 heavy (non-hydrogen) atoms. The molecule has 0 unspecified atom stereocenters. The predicted octanol–water partition coefficient (Wildman–Crippen LogP) is 1.93. The van der Waals surface area contributed by atoms with E-state index < -0.39 is 10.0 Å². The molecule has 0 spiro atoms. The van der Waals surface area contributed by atoms with Crippen molar-refractivity contribution in [2.45, 2.75) is 11.8 Å². The van der Waals surface area contributed by atoms with Gasteiger partial charge in [-0.3, -0.25) is 4.72 Å². The Morgan fingerprint density at radius 1 is 1.26 bits per heavy atom. The Morgan fingerprint density at radius 3 is 2.58 bits per heavy atom. The molecule has 2 aromatic rings. The van der Waals surface area contributed by atoms with Crippen molar-refractivity contribution in [3.05, 3.63) is 40.8 Å². The van der Waals surface area contributed by atoms with E-state index >= 15 is 0 Å². The van der Waals surface area contributed by atoms with Crippen molar-refractivity contribution in [1.82, 2.24) is 9.97 Å². The molecule has 2 rings (SSSR count). The lowest BCUT2D eigenvalue weighted by Crippen LogP contribution is -2.17. The summed E-state index contributed by atoms with van der Waals surface area (Å²) in [6.45, 7) is 1.68. The van der Waals surface area contributed by atoms with E-state index in [1.54, 1.807) is 19.1 Å². The zero-order chi connectivity index (χ0) is 14.0. The second-order valence-corrected chi connectivity index (χ2v) is 6.25. The molecule has 1 heterocycles. The van der Waals surface area contributed by atoms with Gasteiger partial charge in [-0.25, -0.2) is 18.4 Å². The molecule has 0 aliphatic rings. The first kappa shape index (κ1) is 13.8. The van der Waals surface area contributed by atoms with Gasteiger partial charge in [0.2, 0.25) is 0 Å². The predicted molar refractivity (Wildman–Crippen MR) is 76.1 cm³/mol. The minimum absolute atomic E-state index is 0.0553. The summed E-state index contributed by atoms with van der Waals surface area (Å²) < 4.78 is 27.4. The molecule has 0 amide bonds. The van der Waals surface area contributed by atoms with Crippen molar-refractivity contribution in [3.63, 3.8) is 0 Å². The normalized spacial score (nSPS) is 11.3. The highest BCUT2D eigenvalue weighted by Crippen LogP contribution is 2.24. The first-order valence-electron chi connectivity index (χ1n) is 5.25. The summed E-state index contributed by atoms with van der Waals surface area (Å²) in [5.74, 6) is 0.130. The van der Waals surface area contributed by atoms with E-state index in [0.717, 1.165) is 0 Å². The number of hydrogen-bond donors (Lipinski definition) is 2. The molecule has 0 fully saturated rings. The van der Waals surface area contributed by atoms with Crippen LogP contribution in [0.2, 0.25) is 0 Å². The molecule has 6 nitrogen and oxygen atoms in total. The molecule has 1 aromatic heterocycles. The van der Waals surface area contributed by atoms with Crippen LogP contribution in [-0.4, -0.2) is 18.4 Å². The Balaban J connectivity index is 2.41. The van der Waals surface area contributed by atoms with Gasteiger partial charge in [0.25, 0.3) is 10.0 Å². The van der Waals surface area contributed by atoms with Crippen molar-refractivity contribution in [3.8, 4) is 0 Å². The molecule has 0 radical (unpaired) electrons. The largest absolute Gasteiger partial charge is 0.398 e. The standard InChI is InChI=1S/C11H11BrN4O2S/c1-7-3-2-4-8(13)11(7)19(17,18)16-10-6-14-9(12)5-15-10/h2-6H,13H2,1H3,(H,15,16). The van der Waals surface area contributed by atoms with E-state index in [0.29, 0.717) is 10.2 Å². The number of benzene rings is 1. The molecule has 100 valence electrons. The highest BCUT2D eigenvalue weighted by molar-refractivity contribution is 9.10. The highest BCUT2D eigenvalue weighted by atomic mass is 79.9. The SMILES string of the molecule is Cc1cccc(N)c1S(=O)(=O)Nc1cnc(Br)cn1. The maximum absolute atomic E-state index is 12.3. The molecule has 8 heteroatoms. The summed E-state index contributed by atoms with van der Waals surface area (Å²) in [7, 11) is -3.78. The first-order valence-corrected chi connectivity index (χ1v) is 7.53. The fourth-order valence-corrected chi connectivity index (χ4v) is 3.15. The Kier molecular flexibility index (Phi) is 3.72. The third kappa shape index (κ3) is 3.02. The van der Waals surface area contributed by atoms with Crippen LogP contribution in [0, 0.1) is 6.92 Å². The van der Waals surface area contributed by atoms with Gasteiger partial charge in [-0.2, -0.15) is 0 Å². The van der Waals surface area contributed by atoms with E-state index in [4.69, 9.17) is 5.73 Å². The number of halogens is 1. The molecule has 0 aliphatic carbocycles. The van der Waals surface area contributed by atoms with Crippen molar-refractivity contribution in [1.29, 1.82) is 0 Å². The van der Waals surface area contributed by atoms with Gasteiger partial charge < -0.3 is 5.73 Å². The quantitative estimate of drug-likeness (QED) is 0.830. The van der Waals surface area contributed by atoms with Crippen LogP contribution in [0.5, 0.6) is 0 Å². The van der Waals surface area contributed by atoms with Gasteiger partial charge in [-0.15, -0.1) is 0 Å². The molecule has 0 aliphatic heterocycles. The van der Waals surface area contributed by atoms with Crippen molar-refractivity contribution >= 4 is 37.5 Å². The number of aromatic nitrogens is 2. The molecule has 0 saturated carbocycles. The zero-order valence-electron chi connectivity index (χ0n) is 9.96. The van der Waals surface area contributed by atoms with Gasteiger partial charge in [-0.05, 0) is 34.5 Å². The van der Waals surface area contributed by atoms with Crippen LogP contribution in [0.15, 0.2) is 40.1 Å². The first-order chi connectivity index (χ1) is 8.90. The van der Waals surface area contributed by atoms with Crippen LogP contribution in [-0.2, 0) is 10.0 Å². The van der Waals surface area contributed by atoms with Gasteiger partial charge >= 0.3 is 0 Å². The second-order valence-electron chi connectivity index (χ2n) is 3.82. The smallest absolute Gasteiger partial charge is 0.265 e. The number of nitrogens with two attached hydrogens (primary N) is 1. The lowest BCUT2D eigenvalue weighted by atomic mass is 10.2. The number of hydrogen-bond acceptors (Lipinski definition) is 5. The number of nitrogens with one attached hydrogen (secondary N) is 1. The minimum Gasteiger partial charge on any atom is -0.398 e. The number of nitrogen functional groups attached to an aromatic ring is 1. The summed E-state index contributed by atoms with van der Waals surface area (Å²) in [5, 5.41) is 0. The maximum Gasteiger partial charge on any atom is 0.265 e. The third-order valence-electron chi connectivity index (χ3n) is 2.37. The fraction of sp³-hybridized carbons (Fsp3) is 0.0909. The Labute approximate surface area is 119 Å². The van der Waals surface area contributed by atoms with E-state index in [1.165, 1.54) is 18.5 Å². The molecule has 0 bridgehead atoms. The van der Waals surface area contributed by atoms with Gasteiger partial charge in [0.05, 0.1) is 18.1 Å². The Morgan fingerprint density at radius 2 is 2.00 bits per heavy atom. The molecular weight excluding hydrogens is 332 g/mol. The average Bonchev–Trinajstić information content (AvgIpc) is 2.31. The highest BCUT2D eigenvalue weighted by Gasteiger charge is 2.20. The van der Waals surface area contributed by atoms with E-state index in [-0.39, 0.29) is 16.4 Å². The van der Waals surface area contributed by atoms with E-state index in [1.807, 2.05) is 0 Å². The zero-order valence-corrected chi connectivity index (χ0v) is 12.4. The monoisotopic (exact) mass is 342 g/mol. The number of rotatable bonds is 3. The van der Waals surface area contributed by atoms with Gasteiger partial charge in [0, 0.05) is 0 Å². The van der Waals surface area contributed by atoms with E-state index in [9.17, 15) is 8.42 Å².